The number of rotatable bonds is 7. The molecule has 0 saturated carbocycles. The summed E-state index contributed by atoms with van der Waals surface area (Å²) in [5.41, 5.74) is 4.18. The first kappa shape index (κ1) is 23.5. The maximum atomic E-state index is 13.0. The van der Waals surface area contributed by atoms with Crippen LogP contribution in [-0.2, 0) is 0 Å². The summed E-state index contributed by atoms with van der Waals surface area (Å²) in [6.45, 7) is 12.0. The molecule has 166 valence electrons. The highest BCUT2D eigenvalue weighted by Crippen LogP contribution is 2.33. The van der Waals surface area contributed by atoms with E-state index >= 15 is 0 Å². The maximum Gasteiger partial charge on any atom is 0.415 e. The fourth-order valence-electron chi connectivity index (χ4n) is 3.73. The molecule has 0 aromatic heterocycles. The number of nitrogens with zero attached hydrogens (tertiary/aromatic N) is 1. The maximum absolute atomic E-state index is 13.0. The van der Waals surface area contributed by atoms with Crippen molar-refractivity contribution in [3.05, 3.63) is 95.6 Å². The molecule has 32 heavy (non-hydrogen) atoms. The zero-order chi connectivity index (χ0) is 23.1. The molecule has 3 aromatic carbocycles. The van der Waals surface area contributed by atoms with Gasteiger partial charge in [0.1, 0.15) is 5.75 Å². The van der Waals surface area contributed by atoms with Gasteiger partial charge in [0, 0.05) is 18.7 Å². The molecule has 3 nitrogen and oxygen atoms in total. The van der Waals surface area contributed by atoms with Gasteiger partial charge in [-0.3, -0.25) is 0 Å². The Morgan fingerprint density at radius 1 is 0.844 bits per heavy atom. The normalized spacial score (nSPS) is 11.8. The van der Waals surface area contributed by atoms with Crippen LogP contribution in [0.1, 0.15) is 30.5 Å². The molecule has 0 radical (unpaired) electrons. The minimum Gasteiger partial charge on any atom is -0.410 e. The molecular formula is C28H33NO2Si. The van der Waals surface area contributed by atoms with Gasteiger partial charge in [0.25, 0.3) is 0 Å². The lowest BCUT2D eigenvalue weighted by Crippen LogP contribution is -2.41. The molecule has 3 aromatic rings. The highest BCUT2D eigenvalue weighted by molar-refractivity contribution is 6.89. The SMILES string of the molecule is CCN(CC)C(=O)Oc1c(/C(=C/c2ccccc2)c2ccccc2)cccc1[Si](C)(C)C. The number of amides is 1. The predicted molar refractivity (Wildman–Crippen MR) is 138 cm³/mol. The summed E-state index contributed by atoms with van der Waals surface area (Å²) in [6, 6.07) is 26.8. The largest absolute Gasteiger partial charge is 0.415 e. The highest BCUT2D eigenvalue weighted by Gasteiger charge is 2.27. The number of para-hydroxylation sites is 1. The molecule has 0 aliphatic heterocycles. The Labute approximate surface area is 193 Å². The van der Waals surface area contributed by atoms with E-state index in [9.17, 15) is 4.79 Å². The average molecular weight is 444 g/mol. The summed E-state index contributed by atoms with van der Waals surface area (Å²) in [5.74, 6) is 0.689. The van der Waals surface area contributed by atoms with Gasteiger partial charge in [-0.25, -0.2) is 4.79 Å². The minimum absolute atomic E-state index is 0.297. The first-order valence-electron chi connectivity index (χ1n) is 11.3. The van der Waals surface area contributed by atoms with Crippen LogP contribution in [0.3, 0.4) is 0 Å². The van der Waals surface area contributed by atoms with Gasteiger partial charge in [-0.2, -0.15) is 0 Å². The molecule has 0 atom stereocenters. The van der Waals surface area contributed by atoms with E-state index in [1.54, 1.807) is 4.90 Å². The Hall–Kier alpha value is -3.11. The molecular weight excluding hydrogens is 410 g/mol. The number of carbonyl (C=O) groups excluding carboxylic acids is 1. The first-order valence-corrected chi connectivity index (χ1v) is 14.8. The molecule has 0 bridgehead atoms. The Morgan fingerprint density at radius 2 is 1.44 bits per heavy atom. The molecule has 1 amide bonds. The van der Waals surface area contributed by atoms with E-state index in [4.69, 9.17) is 4.74 Å². The zero-order valence-corrected chi connectivity index (χ0v) is 20.8. The van der Waals surface area contributed by atoms with E-state index < -0.39 is 8.07 Å². The molecule has 0 aliphatic rings. The molecule has 4 heteroatoms. The smallest absolute Gasteiger partial charge is 0.410 e. The van der Waals surface area contributed by atoms with Crippen molar-refractivity contribution in [3.63, 3.8) is 0 Å². The third-order valence-electron chi connectivity index (χ3n) is 5.52. The fourth-order valence-corrected chi connectivity index (χ4v) is 5.20. The van der Waals surface area contributed by atoms with Gasteiger partial charge < -0.3 is 9.64 Å². The van der Waals surface area contributed by atoms with Gasteiger partial charge in [-0.1, -0.05) is 98.5 Å². The lowest BCUT2D eigenvalue weighted by molar-refractivity contribution is 0.157. The van der Waals surface area contributed by atoms with E-state index in [0.717, 1.165) is 27.5 Å². The average Bonchev–Trinajstić information content (AvgIpc) is 2.79. The number of hydrogen-bond donors (Lipinski definition) is 0. The van der Waals surface area contributed by atoms with Gasteiger partial charge >= 0.3 is 6.09 Å². The highest BCUT2D eigenvalue weighted by atomic mass is 28.3. The van der Waals surface area contributed by atoms with Crippen molar-refractivity contribution >= 4 is 31.0 Å². The van der Waals surface area contributed by atoms with Gasteiger partial charge in [-0.15, -0.1) is 0 Å². The fraction of sp³-hybridized carbons (Fsp3) is 0.250. The molecule has 0 fully saturated rings. The van der Waals surface area contributed by atoms with Crippen molar-refractivity contribution < 1.29 is 9.53 Å². The van der Waals surface area contributed by atoms with Crippen LogP contribution in [0.5, 0.6) is 5.75 Å². The lowest BCUT2D eigenvalue weighted by Gasteiger charge is -2.26. The van der Waals surface area contributed by atoms with Crippen molar-refractivity contribution in [1.29, 1.82) is 0 Å². The molecule has 0 spiro atoms. The van der Waals surface area contributed by atoms with Crippen LogP contribution in [0.15, 0.2) is 78.9 Å². The summed E-state index contributed by atoms with van der Waals surface area (Å²) in [7, 11) is -1.79. The van der Waals surface area contributed by atoms with E-state index in [1.807, 2.05) is 50.2 Å². The standard InChI is InChI=1S/C28H33NO2Si/c1-6-29(7-2)28(30)31-27-24(19-14-20-26(27)32(3,4)5)25(23-17-12-9-13-18-23)21-22-15-10-8-11-16-22/h8-21H,6-7H2,1-5H3/b25-21+. The van der Waals surface area contributed by atoms with Gasteiger partial charge in [0.15, 0.2) is 0 Å². The molecule has 0 aliphatic carbocycles. The quantitative estimate of drug-likeness (QED) is 0.302. The Morgan fingerprint density at radius 3 is 2.00 bits per heavy atom. The summed E-state index contributed by atoms with van der Waals surface area (Å²) >= 11 is 0. The Kier molecular flexibility index (Phi) is 7.70. The van der Waals surface area contributed by atoms with Crippen molar-refractivity contribution in [2.45, 2.75) is 33.5 Å². The first-order chi connectivity index (χ1) is 15.3. The van der Waals surface area contributed by atoms with Crippen LogP contribution in [-0.4, -0.2) is 32.2 Å². The van der Waals surface area contributed by atoms with E-state index in [0.29, 0.717) is 18.8 Å². The molecule has 0 saturated heterocycles. The van der Waals surface area contributed by atoms with Crippen LogP contribution in [0, 0.1) is 0 Å². The predicted octanol–water partition coefficient (Wildman–Crippen LogP) is 6.66. The van der Waals surface area contributed by atoms with Crippen molar-refractivity contribution in [1.82, 2.24) is 4.90 Å². The topological polar surface area (TPSA) is 29.5 Å². The van der Waals surface area contributed by atoms with Gasteiger partial charge in [-0.05, 0) is 41.8 Å². The minimum atomic E-state index is -1.79. The van der Waals surface area contributed by atoms with Crippen LogP contribution >= 0.6 is 0 Å². The second-order valence-electron chi connectivity index (χ2n) is 8.81. The van der Waals surface area contributed by atoms with Crippen LogP contribution in [0.2, 0.25) is 19.6 Å². The van der Waals surface area contributed by atoms with Crippen LogP contribution in [0.25, 0.3) is 11.6 Å². The second kappa shape index (κ2) is 10.5. The molecule has 0 N–H and O–H groups in total. The third-order valence-corrected chi connectivity index (χ3v) is 7.53. The van der Waals surface area contributed by atoms with E-state index in [-0.39, 0.29) is 6.09 Å². The number of benzene rings is 3. The summed E-state index contributed by atoms with van der Waals surface area (Å²) < 4.78 is 6.17. The lowest BCUT2D eigenvalue weighted by atomic mass is 9.95. The molecule has 3 rings (SSSR count). The number of ether oxygens (including phenoxy) is 1. The Bertz CT molecular complexity index is 1070. The van der Waals surface area contributed by atoms with Crippen molar-refractivity contribution in [2.75, 3.05) is 13.1 Å². The third kappa shape index (κ3) is 5.57. The van der Waals surface area contributed by atoms with Crippen LogP contribution in [0.4, 0.5) is 4.79 Å². The summed E-state index contributed by atoms with van der Waals surface area (Å²) in [4.78, 5) is 14.7. The molecule has 0 unspecified atom stereocenters. The number of carbonyl (C=O) groups is 1. The van der Waals surface area contributed by atoms with Crippen molar-refractivity contribution in [3.8, 4) is 5.75 Å². The van der Waals surface area contributed by atoms with E-state index in [1.165, 1.54) is 0 Å². The van der Waals surface area contributed by atoms with Gasteiger partial charge in [0.2, 0.25) is 0 Å². The summed E-state index contributed by atoms with van der Waals surface area (Å²) in [5, 5.41) is 1.14. The molecule has 0 heterocycles. The van der Waals surface area contributed by atoms with Crippen molar-refractivity contribution in [2.24, 2.45) is 0 Å². The van der Waals surface area contributed by atoms with Gasteiger partial charge in [0.05, 0.1) is 8.07 Å². The second-order valence-corrected chi connectivity index (χ2v) is 13.8. The zero-order valence-electron chi connectivity index (χ0n) is 19.8. The summed E-state index contributed by atoms with van der Waals surface area (Å²) in [6.07, 6.45) is 1.88. The van der Waals surface area contributed by atoms with Crippen LogP contribution < -0.4 is 9.92 Å². The Balaban J connectivity index is 2.25. The monoisotopic (exact) mass is 443 g/mol. The number of hydrogen-bond acceptors (Lipinski definition) is 2. The van der Waals surface area contributed by atoms with E-state index in [2.05, 4.69) is 68.2 Å².